The van der Waals surface area contributed by atoms with E-state index in [1.54, 1.807) is 11.8 Å². The van der Waals surface area contributed by atoms with E-state index in [1.807, 2.05) is 41.7 Å². The van der Waals surface area contributed by atoms with Gasteiger partial charge in [-0.3, -0.25) is 4.79 Å². The van der Waals surface area contributed by atoms with Gasteiger partial charge in [0.15, 0.2) is 0 Å². The van der Waals surface area contributed by atoms with Gasteiger partial charge in [-0.2, -0.15) is 0 Å². The molecule has 1 amide bonds. The number of rotatable bonds is 4. The van der Waals surface area contributed by atoms with Crippen LogP contribution in [0.2, 0.25) is 0 Å². The molecule has 3 aromatic rings. The highest BCUT2D eigenvalue weighted by molar-refractivity contribution is 7.98. The highest BCUT2D eigenvalue weighted by Gasteiger charge is 2.25. The van der Waals surface area contributed by atoms with E-state index in [0.29, 0.717) is 5.92 Å². The van der Waals surface area contributed by atoms with Crippen molar-refractivity contribution in [2.75, 3.05) is 19.3 Å². The number of imidazole rings is 1. The summed E-state index contributed by atoms with van der Waals surface area (Å²) in [6, 6.07) is 12.3. The van der Waals surface area contributed by atoms with Gasteiger partial charge in [0.25, 0.3) is 5.91 Å². The third-order valence-corrected chi connectivity index (χ3v) is 6.73. The standard InChI is InChI=1S/C23H27N3OS/c1-16-12-20-21(13-17(16)2)26(15-24-20)14-18-8-10-25(11-9-18)23(27)19-6-4-5-7-22(19)28-3/h4-7,12-13,15,18H,8-11,14H2,1-3H3. The van der Waals surface area contributed by atoms with Gasteiger partial charge < -0.3 is 9.47 Å². The summed E-state index contributed by atoms with van der Waals surface area (Å²) in [5.74, 6) is 0.751. The van der Waals surface area contributed by atoms with E-state index in [9.17, 15) is 4.79 Å². The molecule has 4 nitrogen and oxygen atoms in total. The number of aromatic nitrogens is 2. The Morgan fingerprint density at radius 2 is 1.86 bits per heavy atom. The molecular formula is C23H27N3OS. The number of piperidine rings is 1. The van der Waals surface area contributed by atoms with Crippen LogP contribution in [-0.2, 0) is 6.54 Å². The average molecular weight is 394 g/mol. The number of likely N-dealkylation sites (tertiary alicyclic amines) is 1. The number of fused-ring (bicyclic) bond motifs is 1. The maximum absolute atomic E-state index is 12.9. The summed E-state index contributed by atoms with van der Waals surface area (Å²) in [6.45, 7) is 6.93. The monoisotopic (exact) mass is 393 g/mol. The first-order chi connectivity index (χ1) is 13.6. The zero-order valence-corrected chi connectivity index (χ0v) is 17.6. The Labute approximate surface area is 170 Å². The maximum Gasteiger partial charge on any atom is 0.254 e. The van der Waals surface area contributed by atoms with Gasteiger partial charge in [-0.1, -0.05) is 12.1 Å². The third-order valence-electron chi connectivity index (χ3n) is 5.93. The van der Waals surface area contributed by atoms with E-state index >= 15 is 0 Å². The lowest BCUT2D eigenvalue weighted by atomic mass is 9.96. The van der Waals surface area contributed by atoms with Crippen molar-refractivity contribution in [3.05, 3.63) is 59.4 Å². The Balaban J connectivity index is 1.42. The van der Waals surface area contributed by atoms with Gasteiger partial charge in [-0.05, 0) is 74.3 Å². The van der Waals surface area contributed by atoms with Crippen LogP contribution < -0.4 is 0 Å². The SMILES string of the molecule is CSc1ccccc1C(=O)N1CCC(Cn2cnc3cc(C)c(C)cc32)CC1. The molecule has 0 radical (unpaired) electrons. The van der Waals surface area contributed by atoms with Gasteiger partial charge in [0.1, 0.15) is 0 Å². The minimum Gasteiger partial charge on any atom is -0.339 e. The summed E-state index contributed by atoms with van der Waals surface area (Å²) >= 11 is 1.64. The zero-order valence-electron chi connectivity index (χ0n) is 16.8. The molecule has 0 N–H and O–H groups in total. The first kappa shape index (κ1) is 19.1. The molecule has 0 unspecified atom stereocenters. The molecule has 0 bridgehead atoms. The molecule has 146 valence electrons. The number of carbonyl (C=O) groups is 1. The fourth-order valence-electron chi connectivity index (χ4n) is 4.05. The fraction of sp³-hybridized carbons (Fsp3) is 0.391. The molecule has 1 fully saturated rings. The number of thioether (sulfide) groups is 1. The minimum absolute atomic E-state index is 0.169. The van der Waals surface area contributed by atoms with Gasteiger partial charge in [0.2, 0.25) is 0 Å². The molecule has 5 heteroatoms. The van der Waals surface area contributed by atoms with Crippen LogP contribution in [0.25, 0.3) is 11.0 Å². The van der Waals surface area contributed by atoms with Crippen LogP contribution in [0, 0.1) is 19.8 Å². The van der Waals surface area contributed by atoms with Crippen molar-refractivity contribution >= 4 is 28.7 Å². The van der Waals surface area contributed by atoms with Crippen molar-refractivity contribution in [2.24, 2.45) is 5.92 Å². The smallest absolute Gasteiger partial charge is 0.254 e. The van der Waals surface area contributed by atoms with Crippen LogP contribution in [0.3, 0.4) is 0 Å². The number of hydrogen-bond donors (Lipinski definition) is 0. The number of nitrogens with zero attached hydrogens (tertiary/aromatic N) is 3. The molecule has 1 aromatic heterocycles. The summed E-state index contributed by atoms with van der Waals surface area (Å²) in [6.07, 6.45) is 6.07. The third kappa shape index (κ3) is 3.68. The van der Waals surface area contributed by atoms with E-state index in [-0.39, 0.29) is 5.91 Å². The Bertz CT molecular complexity index is 1000. The largest absolute Gasteiger partial charge is 0.339 e. The summed E-state index contributed by atoms with van der Waals surface area (Å²) in [7, 11) is 0. The Hall–Kier alpha value is -2.27. The molecule has 4 rings (SSSR count). The summed E-state index contributed by atoms with van der Waals surface area (Å²) in [5.41, 5.74) is 5.72. The molecule has 0 spiro atoms. The van der Waals surface area contributed by atoms with E-state index < -0.39 is 0 Å². The zero-order chi connectivity index (χ0) is 19.7. The van der Waals surface area contributed by atoms with E-state index in [2.05, 4.69) is 35.5 Å². The van der Waals surface area contributed by atoms with Crippen LogP contribution in [-0.4, -0.2) is 39.7 Å². The van der Waals surface area contributed by atoms with Gasteiger partial charge in [0.05, 0.1) is 22.9 Å². The molecule has 2 aromatic carbocycles. The quantitative estimate of drug-likeness (QED) is 0.590. The van der Waals surface area contributed by atoms with Crippen molar-refractivity contribution in [2.45, 2.75) is 38.1 Å². The normalized spacial score (nSPS) is 15.3. The highest BCUT2D eigenvalue weighted by atomic mass is 32.2. The maximum atomic E-state index is 12.9. The van der Waals surface area contributed by atoms with Crippen molar-refractivity contribution in [1.29, 1.82) is 0 Å². The lowest BCUT2D eigenvalue weighted by molar-refractivity contribution is 0.0680. The van der Waals surface area contributed by atoms with Gasteiger partial charge in [-0.25, -0.2) is 4.98 Å². The molecule has 0 atom stereocenters. The fourth-order valence-corrected chi connectivity index (χ4v) is 4.64. The molecule has 1 aliphatic heterocycles. The van der Waals surface area contributed by atoms with Crippen molar-refractivity contribution in [1.82, 2.24) is 14.5 Å². The molecule has 0 aliphatic carbocycles. The molecule has 28 heavy (non-hydrogen) atoms. The van der Waals surface area contributed by atoms with E-state index in [4.69, 9.17) is 0 Å². The predicted molar refractivity (Wildman–Crippen MR) is 116 cm³/mol. The first-order valence-corrected chi connectivity index (χ1v) is 11.1. The number of amides is 1. The van der Waals surface area contributed by atoms with E-state index in [1.165, 1.54) is 16.6 Å². The van der Waals surface area contributed by atoms with Gasteiger partial charge in [0, 0.05) is 24.5 Å². The van der Waals surface area contributed by atoms with Crippen LogP contribution in [0.4, 0.5) is 0 Å². The van der Waals surface area contributed by atoms with Crippen molar-refractivity contribution in [3.63, 3.8) is 0 Å². The minimum atomic E-state index is 0.169. The van der Waals surface area contributed by atoms with Crippen LogP contribution in [0.1, 0.15) is 34.3 Å². The number of hydrogen-bond acceptors (Lipinski definition) is 3. The predicted octanol–water partition coefficient (Wildman–Crippen LogP) is 4.93. The van der Waals surface area contributed by atoms with E-state index in [0.717, 1.165) is 48.5 Å². The Morgan fingerprint density at radius 1 is 1.14 bits per heavy atom. The van der Waals surface area contributed by atoms with Gasteiger partial charge >= 0.3 is 0 Å². The topological polar surface area (TPSA) is 38.1 Å². The number of benzene rings is 2. The Kier molecular flexibility index (Phi) is 5.44. The summed E-state index contributed by atoms with van der Waals surface area (Å²) in [4.78, 5) is 20.6. The second kappa shape index (κ2) is 8.00. The second-order valence-corrected chi connectivity index (χ2v) is 8.61. The van der Waals surface area contributed by atoms with Crippen molar-refractivity contribution in [3.8, 4) is 0 Å². The summed E-state index contributed by atoms with van der Waals surface area (Å²) in [5, 5.41) is 0. The first-order valence-electron chi connectivity index (χ1n) is 9.91. The number of carbonyl (C=O) groups excluding carboxylic acids is 1. The molecule has 1 saturated heterocycles. The van der Waals surface area contributed by atoms with Crippen LogP contribution >= 0.6 is 11.8 Å². The van der Waals surface area contributed by atoms with Crippen LogP contribution in [0.15, 0.2) is 47.6 Å². The molecule has 2 heterocycles. The summed E-state index contributed by atoms with van der Waals surface area (Å²) < 4.78 is 2.28. The van der Waals surface area contributed by atoms with Crippen LogP contribution in [0.5, 0.6) is 0 Å². The Morgan fingerprint density at radius 3 is 2.61 bits per heavy atom. The lowest BCUT2D eigenvalue weighted by Gasteiger charge is -2.32. The molecular weight excluding hydrogens is 366 g/mol. The second-order valence-electron chi connectivity index (χ2n) is 7.76. The molecule has 0 saturated carbocycles. The number of aryl methyl sites for hydroxylation is 2. The highest BCUT2D eigenvalue weighted by Crippen LogP contribution is 2.26. The van der Waals surface area contributed by atoms with Crippen molar-refractivity contribution < 1.29 is 4.79 Å². The van der Waals surface area contributed by atoms with Gasteiger partial charge in [-0.15, -0.1) is 11.8 Å². The lowest BCUT2D eigenvalue weighted by Crippen LogP contribution is -2.39. The average Bonchev–Trinajstić information content (AvgIpc) is 3.09. The molecule has 1 aliphatic rings.